The minimum Gasteiger partial charge on any atom is -0.496 e. The third-order valence-corrected chi connectivity index (χ3v) is 4.38. The minimum atomic E-state index is -1.04. The molecule has 132 valence electrons. The van der Waals surface area contributed by atoms with Crippen molar-refractivity contribution in [1.29, 1.82) is 0 Å². The maximum Gasteiger partial charge on any atom is 0.358 e. The first-order valence-corrected chi connectivity index (χ1v) is 8.34. The molecular formula is C18H22N4O3. The Balaban J connectivity index is 1.59. The van der Waals surface area contributed by atoms with Gasteiger partial charge >= 0.3 is 5.97 Å². The molecule has 0 aliphatic carbocycles. The molecule has 2 heterocycles. The molecule has 1 atom stereocenters. The predicted octanol–water partition coefficient (Wildman–Crippen LogP) is 2.34. The second kappa shape index (κ2) is 7.94. The fraction of sp³-hybridized carbons (Fsp3) is 0.389. The van der Waals surface area contributed by atoms with E-state index in [9.17, 15) is 4.79 Å². The first-order valence-electron chi connectivity index (χ1n) is 8.34. The molecule has 0 amide bonds. The number of para-hydroxylation sites is 1. The van der Waals surface area contributed by atoms with Gasteiger partial charge in [0.15, 0.2) is 5.69 Å². The largest absolute Gasteiger partial charge is 0.496 e. The molecule has 0 bridgehead atoms. The Kier molecular flexibility index (Phi) is 5.45. The van der Waals surface area contributed by atoms with Crippen LogP contribution in [0, 0.1) is 0 Å². The summed E-state index contributed by atoms with van der Waals surface area (Å²) in [7, 11) is 1.67. The highest BCUT2D eigenvalue weighted by Gasteiger charge is 2.22. The molecule has 1 aromatic carbocycles. The standard InChI is InChI=1S/C18H22N4O3/c1-25-17-9-3-2-6-14(17)7-4-10-21-11-5-8-15(12-21)22-13-16(18(23)24)19-20-22/h2-4,6-7,9,13,15H,5,8,10-12H2,1H3,(H,23,24)/b7-4+. The van der Waals surface area contributed by atoms with Crippen molar-refractivity contribution in [2.24, 2.45) is 0 Å². The number of benzene rings is 1. The Bertz CT molecular complexity index is 756. The molecule has 25 heavy (non-hydrogen) atoms. The summed E-state index contributed by atoms with van der Waals surface area (Å²) in [4.78, 5) is 13.3. The van der Waals surface area contributed by atoms with Crippen molar-refractivity contribution in [1.82, 2.24) is 19.9 Å². The third kappa shape index (κ3) is 4.24. The minimum absolute atomic E-state index is 0.00630. The van der Waals surface area contributed by atoms with Gasteiger partial charge in [0, 0.05) is 18.7 Å². The Labute approximate surface area is 146 Å². The van der Waals surface area contributed by atoms with Crippen molar-refractivity contribution in [2.45, 2.75) is 18.9 Å². The van der Waals surface area contributed by atoms with E-state index in [1.54, 1.807) is 11.8 Å². The van der Waals surface area contributed by atoms with Crippen molar-refractivity contribution in [3.8, 4) is 5.75 Å². The third-order valence-electron chi connectivity index (χ3n) is 4.38. The number of hydrogen-bond donors (Lipinski definition) is 1. The molecule has 1 fully saturated rings. The van der Waals surface area contributed by atoms with E-state index >= 15 is 0 Å². The van der Waals surface area contributed by atoms with Gasteiger partial charge in [-0.25, -0.2) is 9.48 Å². The van der Waals surface area contributed by atoms with E-state index in [1.165, 1.54) is 6.20 Å². The van der Waals surface area contributed by atoms with E-state index in [1.807, 2.05) is 24.3 Å². The average molecular weight is 342 g/mol. The monoisotopic (exact) mass is 342 g/mol. The highest BCUT2D eigenvalue weighted by Crippen LogP contribution is 2.22. The van der Waals surface area contributed by atoms with E-state index in [0.29, 0.717) is 0 Å². The summed E-state index contributed by atoms with van der Waals surface area (Å²) in [6.07, 6.45) is 7.75. The molecule has 0 saturated carbocycles. The Morgan fingerprint density at radius 2 is 2.28 bits per heavy atom. The summed E-state index contributed by atoms with van der Waals surface area (Å²) in [5.41, 5.74) is 1.05. The second-order valence-electron chi connectivity index (χ2n) is 6.09. The number of nitrogens with zero attached hydrogens (tertiary/aromatic N) is 4. The van der Waals surface area contributed by atoms with Crippen molar-refractivity contribution in [3.63, 3.8) is 0 Å². The zero-order valence-corrected chi connectivity index (χ0v) is 14.2. The maximum atomic E-state index is 10.9. The summed E-state index contributed by atoms with van der Waals surface area (Å²) >= 11 is 0. The SMILES string of the molecule is COc1ccccc1/C=C/CN1CCCC(n2cc(C(=O)O)nn2)C1. The van der Waals surface area contributed by atoms with Crippen LogP contribution >= 0.6 is 0 Å². The Morgan fingerprint density at radius 1 is 1.44 bits per heavy atom. The number of carboxylic acids is 1. The molecule has 1 aromatic heterocycles. The van der Waals surface area contributed by atoms with Crippen LogP contribution in [-0.4, -0.2) is 57.7 Å². The van der Waals surface area contributed by atoms with Gasteiger partial charge in [0.05, 0.1) is 19.3 Å². The van der Waals surface area contributed by atoms with Crippen LogP contribution < -0.4 is 4.74 Å². The highest BCUT2D eigenvalue weighted by molar-refractivity contribution is 5.84. The molecule has 1 saturated heterocycles. The normalized spacial score (nSPS) is 18.5. The zero-order valence-electron chi connectivity index (χ0n) is 14.2. The fourth-order valence-corrected chi connectivity index (χ4v) is 3.10. The van der Waals surface area contributed by atoms with Gasteiger partial charge in [-0.05, 0) is 25.5 Å². The van der Waals surface area contributed by atoms with Gasteiger partial charge in [-0.1, -0.05) is 35.6 Å². The molecule has 0 radical (unpaired) electrons. The molecule has 1 aliphatic heterocycles. The maximum absolute atomic E-state index is 10.9. The Morgan fingerprint density at radius 3 is 3.04 bits per heavy atom. The lowest BCUT2D eigenvalue weighted by atomic mass is 10.1. The van der Waals surface area contributed by atoms with Crippen LogP contribution in [-0.2, 0) is 0 Å². The number of piperidine rings is 1. The summed E-state index contributed by atoms with van der Waals surface area (Å²) < 4.78 is 7.03. The molecule has 0 spiro atoms. The number of carbonyl (C=O) groups is 1. The van der Waals surface area contributed by atoms with Gasteiger partial charge in [-0.15, -0.1) is 5.10 Å². The molecule has 3 rings (SSSR count). The molecule has 7 heteroatoms. The van der Waals surface area contributed by atoms with E-state index in [2.05, 4.69) is 27.4 Å². The van der Waals surface area contributed by atoms with Crippen molar-refractivity contribution >= 4 is 12.0 Å². The lowest BCUT2D eigenvalue weighted by Crippen LogP contribution is -2.36. The van der Waals surface area contributed by atoms with E-state index in [4.69, 9.17) is 9.84 Å². The van der Waals surface area contributed by atoms with Crippen LogP contribution in [0.2, 0.25) is 0 Å². The van der Waals surface area contributed by atoms with Gasteiger partial charge < -0.3 is 9.84 Å². The molecular weight excluding hydrogens is 320 g/mol. The first kappa shape index (κ1) is 17.2. The number of methoxy groups -OCH3 is 1. The molecule has 1 unspecified atom stereocenters. The Hall–Kier alpha value is -2.67. The van der Waals surface area contributed by atoms with Crippen molar-refractivity contribution < 1.29 is 14.6 Å². The average Bonchev–Trinajstić information content (AvgIpc) is 3.13. The lowest BCUT2D eigenvalue weighted by molar-refractivity contribution is 0.0690. The molecule has 1 N–H and O–H groups in total. The predicted molar refractivity (Wildman–Crippen MR) is 93.7 cm³/mol. The first-order chi connectivity index (χ1) is 12.2. The fourth-order valence-electron chi connectivity index (χ4n) is 3.10. The van der Waals surface area contributed by atoms with Gasteiger partial charge in [0.25, 0.3) is 0 Å². The summed E-state index contributed by atoms with van der Waals surface area (Å²) in [6, 6.07) is 8.08. The van der Waals surface area contributed by atoms with Crippen LogP contribution in [0.3, 0.4) is 0 Å². The van der Waals surface area contributed by atoms with Crippen LogP contribution in [0.25, 0.3) is 6.08 Å². The van der Waals surface area contributed by atoms with Crippen LogP contribution in [0.5, 0.6) is 5.75 Å². The molecule has 7 nitrogen and oxygen atoms in total. The highest BCUT2D eigenvalue weighted by atomic mass is 16.5. The number of hydrogen-bond acceptors (Lipinski definition) is 5. The van der Waals surface area contributed by atoms with E-state index in [-0.39, 0.29) is 11.7 Å². The summed E-state index contributed by atoms with van der Waals surface area (Å²) in [5, 5.41) is 16.6. The summed E-state index contributed by atoms with van der Waals surface area (Å²) in [5.74, 6) is -0.183. The van der Waals surface area contributed by atoms with Gasteiger partial charge in [0.1, 0.15) is 5.75 Å². The van der Waals surface area contributed by atoms with E-state index < -0.39 is 5.97 Å². The van der Waals surface area contributed by atoms with Crippen molar-refractivity contribution in [2.75, 3.05) is 26.7 Å². The van der Waals surface area contributed by atoms with Crippen LogP contribution in [0.1, 0.15) is 34.9 Å². The lowest BCUT2D eigenvalue weighted by Gasteiger charge is -2.31. The van der Waals surface area contributed by atoms with Gasteiger partial charge in [-0.2, -0.15) is 0 Å². The number of likely N-dealkylation sites (tertiary alicyclic amines) is 1. The second-order valence-corrected chi connectivity index (χ2v) is 6.09. The smallest absolute Gasteiger partial charge is 0.358 e. The number of aromatic carboxylic acids is 1. The topological polar surface area (TPSA) is 80.5 Å². The number of ether oxygens (including phenoxy) is 1. The number of aromatic nitrogens is 3. The quantitative estimate of drug-likeness (QED) is 0.868. The number of rotatable bonds is 6. The summed E-state index contributed by atoms with van der Waals surface area (Å²) in [6.45, 7) is 2.68. The van der Waals surface area contributed by atoms with Crippen molar-refractivity contribution in [3.05, 3.63) is 47.8 Å². The number of carboxylic acid groups (broad SMARTS) is 1. The van der Waals surface area contributed by atoms with E-state index in [0.717, 1.165) is 43.8 Å². The zero-order chi connectivity index (χ0) is 17.6. The van der Waals surface area contributed by atoms with Gasteiger partial charge in [0.2, 0.25) is 0 Å². The molecule has 1 aliphatic rings. The molecule has 2 aromatic rings. The van der Waals surface area contributed by atoms with Crippen LogP contribution in [0.15, 0.2) is 36.5 Å². The van der Waals surface area contributed by atoms with Gasteiger partial charge in [-0.3, -0.25) is 4.90 Å². The van der Waals surface area contributed by atoms with Crippen LogP contribution in [0.4, 0.5) is 0 Å².